The summed E-state index contributed by atoms with van der Waals surface area (Å²) in [6.45, 7) is 0. The van der Waals surface area contributed by atoms with Gasteiger partial charge in [0.25, 0.3) is 14.6 Å². The average Bonchev–Trinajstić information content (AvgIpc) is 2.22. The summed E-state index contributed by atoms with van der Waals surface area (Å²) in [7, 11) is 3.05. The Labute approximate surface area is 96.5 Å². The van der Waals surface area contributed by atoms with Gasteiger partial charge in [0.2, 0.25) is 0 Å². The third-order valence-electron chi connectivity index (χ3n) is 2.38. The molecule has 0 radical (unpaired) electrons. The van der Waals surface area contributed by atoms with Crippen molar-refractivity contribution in [2.24, 2.45) is 7.05 Å². The molecule has 1 aromatic carbocycles. The third-order valence-corrected chi connectivity index (χ3v) is 3.73. The molecule has 0 spiro atoms. The Morgan fingerprint density at radius 1 is 1.19 bits per heavy atom. The molecule has 0 aliphatic carbocycles. The van der Waals surface area contributed by atoms with Crippen molar-refractivity contribution in [2.75, 3.05) is 0 Å². The van der Waals surface area contributed by atoms with E-state index in [-0.39, 0.29) is 10.5 Å². The molecule has 84 valence electrons. The fourth-order valence-corrected chi connectivity index (χ4v) is 2.27. The molecule has 0 aliphatic heterocycles. The summed E-state index contributed by atoms with van der Waals surface area (Å²) in [5, 5.41) is 0.783. The van der Waals surface area contributed by atoms with Crippen LogP contribution in [0, 0.1) is 0 Å². The lowest BCUT2D eigenvalue weighted by Gasteiger charge is -2.05. The molecule has 0 saturated heterocycles. The van der Waals surface area contributed by atoms with Crippen molar-refractivity contribution in [2.45, 2.75) is 4.90 Å². The van der Waals surface area contributed by atoms with Gasteiger partial charge < -0.3 is 4.57 Å². The Kier molecular flexibility index (Phi) is 2.52. The van der Waals surface area contributed by atoms with E-state index in [1.54, 1.807) is 19.2 Å². The second kappa shape index (κ2) is 3.61. The number of aromatic nitrogens is 1. The molecule has 0 aliphatic rings. The normalized spacial score (nSPS) is 11.9. The van der Waals surface area contributed by atoms with Gasteiger partial charge in [-0.2, -0.15) is 0 Å². The Morgan fingerprint density at radius 2 is 1.81 bits per heavy atom. The highest BCUT2D eigenvalue weighted by Gasteiger charge is 2.11. The van der Waals surface area contributed by atoms with Gasteiger partial charge in [-0.3, -0.25) is 4.79 Å². The summed E-state index contributed by atoms with van der Waals surface area (Å²) in [4.78, 5) is 11.4. The zero-order valence-corrected chi connectivity index (χ0v) is 9.92. The number of benzene rings is 1. The zero-order valence-electron chi connectivity index (χ0n) is 8.34. The van der Waals surface area contributed by atoms with Gasteiger partial charge in [0.05, 0.1) is 10.4 Å². The molecule has 0 bridgehead atoms. The minimum atomic E-state index is -3.77. The monoisotopic (exact) mass is 257 g/mol. The number of fused-ring (bicyclic) bond motifs is 1. The maximum absolute atomic E-state index is 11.4. The predicted molar refractivity (Wildman–Crippen MR) is 62.2 cm³/mol. The molecular weight excluding hydrogens is 250 g/mol. The van der Waals surface area contributed by atoms with Gasteiger partial charge in [-0.1, -0.05) is 6.07 Å². The molecule has 4 nitrogen and oxygen atoms in total. The van der Waals surface area contributed by atoms with Gasteiger partial charge in [-0.25, -0.2) is 8.42 Å². The first-order chi connectivity index (χ1) is 7.39. The van der Waals surface area contributed by atoms with E-state index in [4.69, 9.17) is 10.7 Å². The van der Waals surface area contributed by atoms with Gasteiger partial charge in [-0.05, 0) is 23.6 Å². The summed E-state index contributed by atoms with van der Waals surface area (Å²) in [5.41, 5.74) is 0.339. The smallest absolute Gasteiger partial charge is 0.261 e. The first-order valence-corrected chi connectivity index (χ1v) is 6.75. The molecule has 0 unspecified atom stereocenters. The molecule has 0 fully saturated rings. The third kappa shape index (κ3) is 1.83. The Balaban J connectivity index is 2.90. The molecule has 2 rings (SSSR count). The quantitative estimate of drug-likeness (QED) is 0.727. The van der Waals surface area contributed by atoms with Crippen molar-refractivity contribution in [1.29, 1.82) is 0 Å². The number of aryl methyl sites for hydroxylation is 1. The van der Waals surface area contributed by atoms with Crippen LogP contribution in [0.1, 0.15) is 0 Å². The number of halogens is 1. The van der Waals surface area contributed by atoms with Crippen LogP contribution in [-0.4, -0.2) is 13.0 Å². The molecule has 0 amide bonds. The highest BCUT2D eigenvalue weighted by atomic mass is 35.7. The van der Waals surface area contributed by atoms with Crippen LogP contribution < -0.4 is 5.56 Å². The van der Waals surface area contributed by atoms with Gasteiger partial charge in [0, 0.05) is 23.8 Å². The van der Waals surface area contributed by atoms with Crippen molar-refractivity contribution in [3.05, 3.63) is 40.7 Å². The lowest BCUT2D eigenvalue weighted by molar-refractivity contribution is 0.609. The first-order valence-electron chi connectivity index (χ1n) is 4.44. The molecule has 2 aromatic rings. The van der Waals surface area contributed by atoms with Gasteiger partial charge in [0.1, 0.15) is 0 Å². The SMILES string of the molecule is Cn1c(=O)ccc2ccc(S(=O)(=O)Cl)cc21. The second-order valence-corrected chi connectivity index (χ2v) is 5.95. The second-order valence-electron chi connectivity index (χ2n) is 3.39. The van der Waals surface area contributed by atoms with Crippen LogP contribution in [0.3, 0.4) is 0 Å². The van der Waals surface area contributed by atoms with E-state index in [2.05, 4.69) is 0 Å². The van der Waals surface area contributed by atoms with E-state index in [1.807, 2.05) is 0 Å². The highest BCUT2D eigenvalue weighted by molar-refractivity contribution is 8.13. The number of hydrogen-bond acceptors (Lipinski definition) is 3. The van der Waals surface area contributed by atoms with Crippen molar-refractivity contribution >= 4 is 30.6 Å². The first kappa shape index (κ1) is 11.2. The molecule has 1 heterocycles. The van der Waals surface area contributed by atoms with Crippen LogP contribution in [0.15, 0.2) is 40.0 Å². The largest absolute Gasteiger partial charge is 0.311 e. The molecule has 0 N–H and O–H groups in total. The number of rotatable bonds is 1. The Bertz CT molecular complexity index is 718. The van der Waals surface area contributed by atoms with Crippen LogP contribution in [-0.2, 0) is 16.1 Å². The Hall–Kier alpha value is -1.33. The van der Waals surface area contributed by atoms with Crippen molar-refractivity contribution in [1.82, 2.24) is 4.57 Å². The fraction of sp³-hybridized carbons (Fsp3) is 0.100. The standard InChI is InChI=1S/C10H8ClNO3S/c1-12-9-6-8(16(11,14)15)4-2-7(9)3-5-10(12)13/h2-6H,1H3. The number of hydrogen-bond donors (Lipinski definition) is 0. The zero-order chi connectivity index (χ0) is 11.9. The average molecular weight is 258 g/mol. The minimum absolute atomic E-state index is 0.0112. The summed E-state index contributed by atoms with van der Waals surface area (Å²) in [5.74, 6) is 0. The molecule has 0 atom stereocenters. The molecule has 0 saturated carbocycles. The minimum Gasteiger partial charge on any atom is -0.311 e. The van der Waals surface area contributed by atoms with Crippen LogP contribution in [0.5, 0.6) is 0 Å². The summed E-state index contributed by atoms with van der Waals surface area (Å²) >= 11 is 0. The fourth-order valence-electron chi connectivity index (χ4n) is 1.50. The van der Waals surface area contributed by atoms with E-state index >= 15 is 0 Å². The molecular formula is C10H8ClNO3S. The summed E-state index contributed by atoms with van der Waals surface area (Å²) < 4.78 is 23.7. The van der Waals surface area contributed by atoms with E-state index < -0.39 is 9.05 Å². The summed E-state index contributed by atoms with van der Waals surface area (Å²) in [6, 6.07) is 7.48. The molecule has 16 heavy (non-hydrogen) atoms. The van der Waals surface area contributed by atoms with Crippen molar-refractivity contribution < 1.29 is 8.42 Å². The maximum Gasteiger partial charge on any atom is 0.261 e. The topological polar surface area (TPSA) is 56.1 Å². The van der Waals surface area contributed by atoms with Crippen LogP contribution in [0.4, 0.5) is 0 Å². The van der Waals surface area contributed by atoms with E-state index in [0.717, 1.165) is 5.39 Å². The van der Waals surface area contributed by atoms with Gasteiger partial charge in [0.15, 0.2) is 0 Å². The van der Waals surface area contributed by atoms with Gasteiger partial charge in [-0.15, -0.1) is 0 Å². The van der Waals surface area contributed by atoms with E-state index in [0.29, 0.717) is 5.52 Å². The molecule has 6 heteroatoms. The van der Waals surface area contributed by atoms with Gasteiger partial charge >= 0.3 is 0 Å². The number of pyridine rings is 1. The van der Waals surface area contributed by atoms with Crippen LogP contribution in [0.25, 0.3) is 10.9 Å². The highest BCUT2D eigenvalue weighted by Crippen LogP contribution is 2.20. The predicted octanol–water partition coefficient (Wildman–Crippen LogP) is 1.47. The summed E-state index contributed by atoms with van der Waals surface area (Å²) in [6.07, 6.45) is 0. The molecule has 1 aromatic heterocycles. The van der Waals surface area contributed by atoms with Crippen molar-refractivity contribution in [3.8, 4) is 0 Å². The lowest BCUT2D eigenvalue weighted by Crippen LogP contribution is -2.15. The van der Waals surface area contributed by atoms with Crippen molar-refractivity contribution in [3.63, 3.8) is 0 Å². The van der Waals surface area contributed by atoms with E-state index in [9.17, 15) is 13.2 Å². The van der Waals surface area contributed by atoms with Crippen LogP contribution >= 0.6 is 10.7 Å². The number of nitrogens with zero attached hydrogens (tertiary/aromatic N) is 1. The lowest BCUT2D eigenvalue weighted by atomic mass is 10.2. The van der Waals surface area contributed by atoms with E-state index in [1.165, 1.54) is 22.8 Å². The Morgan fingerprint density at radius 3 is 2.44 bits per heavy atom. The maximum atomic E-state index is 11.4. The van der Waals surface area contributed by atoms with Crippen LogP contribution in [0.2, 0.25) is 0 Å².